The van der Waals surface area contributed by atoms with Gasteiger partial charge in [-0.3, -0.25) is 0 Å². The van der Waals surface area contributed by atoms with Crippen molar-refractivity contribution >= 4 is 0 Å². The summed E-state index contributed by atoms with van der Waals surface area (Å²) in [6.07, 6.45) is 4.22. The van der Waals surface area contributed by atoms with Crippen molar-refractivity contribution in [2.45, 2.75) is 52.7 Å². The summed E-state index contributed by atoms with van der Waals surface area (Å²) in [4.78, 5) is 0. The number of hydrogen-bond donors (Lipinski definition) is 1. The lowest BCUT2D eigenvalue weighted by atomic mass is 9.94. The van der Waals surface area contributed by atoms with Crippen LogP contribution in [0.25, 0.3) is 0 Å². The second kappa shape index (κ2) is 5.85. The maximum absolute atomic E-state index is 10.2. The molecule has 0 bridgehead atoms. The molecule has 1 N–H and O–H groups in total. The van der Waals surface area contributed by atoms with Gasteiger partial charge in [-0.25, -0.2) is 4.68 Å². The lowest BCUT2D eigenvalue weighted by Gasteiger charge is -2.20. The zero-order chi connectivity index (χ0) is 11.3. The number of aryl methyl sites for hydroxylation is 1. The largest absolute Gasteiger partial charge is 0.386 e. The lowest BCUT2D eigenvalue weighted by molar-refractivity contribution is 0.0940. The molecule has 0 fully saturated rings. The van der Waals surface area contributed by atoms with Gasteiger partial charge in [-0.1, -0.05) is 38.8 Å². The zero-order valence-corrected chi connectivity index (χ0v) is 9.85. The SMILES string of the molecule is CCCn1nncc1C(O)C(CC)CC. The summed E-state index contributed by atoms with van der Waals surface area (Å²) in [5.74, 6) is 0.305. The molecule has 1 rings (SSSR count). The van der Waals surface area contributed by atoms with Gasteiger partial charge in [0.2, 0.25) is 0 Å². The molecule has 0 spiro atoms. The summed E-state index contributed by atoms with van der Waals surface area (Å²) in [6, 6.07) is 0. The first-order valence-corrected chi connectivity index (χ1v) is 5.80. The number of aliphatic hydroxyl groups is 1. The van der Waals surface area contributed by atoms with Gasteiger partial charge in [-0.2, -0.15) is 0 Å². The predicted octanol–water partition coefficient (Wildman–Crippen LogP) is 2.16. The standard InChI is InChI=1S/C11H21N3O/c1-4-7-14-10(8-12-13-14)11(15)9(5-2)6-3/h8-9,11,15H,4-7H2,1-3H3. The highest BCUT2D eigenvalue weighted by molar-refractivity contribution is 5.00. The summed E-state index contributed by atoms with van der Waals surface area (Å²) >= 11 is 0. The van der Waals surface area contributed by atoms with Crippen LogP contribution in [0.15, 0.2) is 6.20 Å². The summed E-state index contributed by atoms with van der Waals surface area (Å²) in [5, 5.41) is 18.0. The van der Waals surface area contributed by atoms with E-state index >= 15 is 0 Å². The van der Waals surface area contributed by atoms with Gasteiger partial charge in [0.1, 0.15) is 6.10 Å². The van der Waals surface area contributed by atoms with Crippen LogP contribution in [0, 0.1) is 5.92 Å². The molecule has 0 radical (unpaired) electrons. The molecule has 0 amide bonds. The third-order valence-corrected chi connectivity index (χ3v) is 2.88. The van der Waals surface area contributed by atoms with Crippen LogP contribution in [0.2, 0.25) is 0 Å². The summed E-state index contributed by atoms with van der Waals surface area (Å²) in [5.41, 5.74) is 0.852. The van der Waals surface area contributed by atoms with Crippen molar-refractivity contribution in [3.05, 3.63) is 11.9 Å². The van der Waals surface area contributed by atoms with Crippen LogP contribution in [0.3, 0.4) is 0 Å². The van der Waals surface area contributed by atoms with Crippen molar-refractivity contribution < 1.29 is 5.11 Å². The third-order valence-electron chi connectivity index (χ3n) is 2.88. The Morgan fingerprint density at radius 2 is 2.00 bits per heavy atom. The smallest absolute Gasteiger partial charge is 0.100 e. The van der Waals surface area contributed by atoms with Gasteiger partial charge in [0.05, 0.1) is 11.9 Å². The minimum atomic E-state index is -0.429. The quantitative estimate of drug-likeness (QED) is 0.784. The first-order valence-electron chi connectivity index (χ1n) is 5.80. The number of hydrogen-bond acceptors (Lipinski definition) is 3. The minimum absolute atomic E-state index is 0.305. The van der Waals surface area contributed by atoms with Crippen LogP contribution in [0.1, 0.15) is 51.8 Å². The van der Waals surface area contributed by atoms with Crippen molar-refractivity contribution in [2.24, 2.45) is 5.92 Å². The molecular weight excluding hydrogens is 190 g/mol. The molecule has 4 nitrogen and oxygen atoms in total. The average molecular weight is 211 g/mol. The van der Waals surface area contributed by atoms with E-state index in [4.69, 9.17) is 0 Å². The Morgan fingerprint density at radius 1 is 1.33 bits per heavy atom. The average Bonchev–Trinajstić information content (AvgIpc) is 2.68. The van der Waals surface area contributed by atoms with Gasteiger partial charge in [0.15, 0.2) is 0 Å². The fourth-order valence-corrected chi connectivity index (χ4v) is 1.86. The van der Waals surface area contributed by atoms with E-state index in [1.807, 2.05) is 4.68 Å². The van der Waals surface area contributed by atoms with Crippen LogP contribution in [0.4, 0.5) is 0 Å². The third kappa shape index (κ3) is 2.78. The first kappa shape index (κ1) is 12.2. The molecule has 86 valence electrons. The van der Waals surface area contributed by atoms with Crippen molar-refractivity contribution in [3.8, 4) is 0 Å². The predicted molar refractivity (Wildman–Crippen MR) is 59.3 cm³/mol. The Morgan fingerprint density at radius 3 is 2.53 bits per heavy atom. The van der Waals surface area contributed by atoms with E-state index in [1.54, 1.807) is 6.20 Å². The van der Waals surface area contributed by atoms with Gasteiger partial charge in [0.25, 0.3) is 0 Å². The minimum Gasteiger partial charge on any atom is -0.386 e. The van der Waals surface area contributed by atoms with Crippen LogP contribution >= 0.6 is 0 Å². The molecule has 0 aliphatic heterocycles. The molecule has 0 aromatic carbocycles. The first-order chi connectivity index (χ1) is 7.24. The summed E-state index contributed by atoms with van der Waals surface area (Å²) in [7, 11) is 0. The Balaban J connectivity index is 2.79. The van der Waals surface area contributed by atoms with Crippen LogP contribution in [-0.2, 0) is 6.54 Å². The van der Waals surface area contributed by atoms with Crippen molar-refractivity contribution in [1.82, 2.24) is 15.0 Å². The second-order valence-electron chi connectivity index (χ2n) is 3.90. The molecule has 1 heterocycles. The number of aliphatic hydroxyl groups excluding tert-OH is 1. The fraction of sp³-hybridized carbons (Fsp3) is 0.818. The Hall–Kier alpha value is -0.900. The molecule has 1 aromatic rings. The monoisotopic (exact) mass is 211 g/mol. The molecule has 0 aliphatic carbocycles. The topological polar surface area (TPSA) is 50.9 Å². The molecule has 4 heteroatoms. The van der Waals surface area contributed by atoms with Crippen molar-refractivity contribution in [3.63, 3.8) is 0 Å². The lowest BCUT2D eigenvalue weighted by Crippen LogP contribution is -2.16. The van der Waals surface area contributed by atoms with Crippen molar-refractivity contribution in [1.29, 1.82) is 0 Å². The Bertz CT molecular complexity index is 281. The van der Waals surface area contributed by atoms with E-state index in [1.165, 1.54) is 0 Å². The maximum atomic E-state index is 10.2. The highest BCUT2D eigenvalue weighted by atomic mass is 16.3. The van der Waals surface area contributed by atoms with Gasteiger partial charge >= 0.3 is 0 Å². The van der Waals surface area contributed by atoms with Gasteiger partial charge < -0.3 is 5.11 Å². The summed E-state index contributed by atoms with van der Waals surface area (Å²) < 4.78 is 1.81. The van der Waals surface area contributed by atoms with Crippen molar-refractivity contribution in [2.75, 3.05) is 0 Å². The van der Waals surface area contributed by atoms with Crippen LogP contribution < -0.4 is 0 Å². The summed E-state index contributed by atoms with van der Waals surface area (Å²) in [6.45, 7) is 7.12. The molecule has 0 saturated heterocycles. The Labute approximate surface area is 91.3 Å². The fourth-order valence-electron chi connectivity index (χ4n) is 1.86. The van der Waals surface area contributed by atoms with E-state index in [0.717, 1.165) is 31.5 Å². The van der Waals surface area contributed by atoms with Gasteiger partial charge in [0, 0.05) is 6.54 Å². The highest BCUT2D eigenvalue weighted by Gasteiger charge is 2.21. The normalized spacial score (nSPS) is 13.4. The second-order valence-corrected chi connectivity index (χ2v) is 3.90. The molecule has 1 unspecified atom stereocenters. The molecule has 0 saturated carbocycles. The van der Waals surface area contributed by atoms with E-state index in [-0.39, 0.29) is 0 Å². The van der Waals surface area contributed by atoms with E-state index in [2.05, 4.69) is 31.1 Å². The van der Waals surface area contributed by atoms with Crippen LogP contribution in [-0.4, -0.2) is 20.1 Å². The van der Waals surface area contributed by atoms with E-state index < -0.39 is 6.10 Å². The highest BCUT2D eigenvalue weighted by Crippen LogP contribution is 2.26. The number of aromatic nitrogens is 3. The Kier molecular flexibility index (Phi) is 4.75. The molecule has 15 heavy (non-hydrogen) atoms. The van der Waals surface area contributed by atoms with E-state index in [9.17, 15) is 5.11 Å². The maximum Gasteiger partial charge on any atom is 0.100 e. The van der Waals surface area contributed by atoms with E-state index in [0.29, 0.717) is 5.92 Å². The number of rotatable bonds is 6. The number of nitrogens with zero attached hydrogens (tertiary/aromatic N) is 3. The molecule has 0 aliphatic rings. The molecule has 1 atom stereocenters. The molecular formula is C11H21N3O. The van der Waals surface area contributed by atoms with Gasteiger partial charge in [-0.05, 0) is 12.3 Å². The van der Waals surface area contributed by atoms with Gasteiger partial charge in [-0.15, -0.1) is 5.10 Å². The van der Waals surface area contributed by atoms with Crippen LogP contribution in [0.5, 0.6) is 0 Å². The zero-order valence-electron chi connectivity index (χ0n) is 9.85. The molecule has 1 aromatic heterocycles.